The van der Waals surface area contributed by atoms with E-state index < -0.39 is 0 Å². The second-order valence-electron chi connectivity index (χ2n) is 12.6. The largest absolute Gasteiger partial charge is 0.393 e. The van der Waals surface area contributed by atoms with Gasteiger partial charge in [-0.15, -0.1) is 0 Å². The van der Waals surface area contributed by atoms with E-state index >= 15 is 0 Å². The Labute approximate surface area is 181 Å². The van der Waals surface area contributed by atoms with E-state index in [1.54, 1.807) is 0 Å². The number of hydrogen-bond donors (Lipinski definition) is 1. The minimum atomic E-state index is -0.0268. The van der Waals surface area contributed by atoms with Gasteiger partial charge in [0.05, 0.1) is 6.10 Å². The zero-order valence-corrected chi connectivity index (χ0v) is 20.3. The summed E-state index contributed by atoms with van der Waals surface area (Å²) in [5.74, 6) is 5.04. The topological polar surface area (TPSA) is 20.2 Å². The number of hydrogen-bond acceptors (Lipinski definition) is 1. The van der Waals surface area contributed by atoms with Crippen molar-refractivity contribution in [2.45, 2.75) is 118 Å². The Morgan fingerprint density at radius 1 is 0.931 bits per heavy atom. The highest BCUT2D eigenvalue weighted by Crippen LogP contribution is 2.65. The highest BCUT2D eigenvalue weighted by Gasteiger charge is 2.55. The Bertz CT molecular complexity index is 632. The van der Waals surface area contributed by atoms with E-state index in [9.17, 15) is 5.11 Å². The molecule has 0 amide bonds. The van der Waals surface area contributed by atoms with E-state index in [1.807, 2.05) is 11.1 Å². The van der Waals surface area contributed by atoms with E-state index in [0.29, 0.717) is 10.8 Å². The molecule has 0 unspecified atom stereocenters. The van der Waals surface area contributed by atoms with Crippen molar-refractivity contribution in [1.29, 1.82) is 0 Å². The Kier molecular flexibility index (Phi) is 6.04. The normalized spacial score (nSPS) is 44.3. The summed E-state index contributed by atoms with van der Waals surface area (Å²) < 4.78 is 0. The fraction of sp³-hybridized carbons (Fsp3) is 0.929. The summed E-state index contributed by atoms with van der Waals surface area (Å²) in [4.78, 5) is 0. The summed E-state index contributed by atoms with van der Waals surface area (Å²) in [6, 6.07) is 0. The van der Waals surface area contributed by atoms with Gasteiger partial charge in [-0.1, -0.05) is 65.5 Å². The average molecular weight is 401 g/mol. The molecule has 1 N–H and O–H groups in total. The lowest BCUT2D eigenvalue weighted by atomic mass is 9.49. The molecule has 0 bridgehead atoms. The third-order valence-corrected chi connectivity index (χ3v) is 10.9. The van der Waals surface area contributed by atoms with Gasteiger partial charge in [-0.2, -0.15) is 0 Å². The number of aliphatic hydroxyl groups is 1. The molecule has 8 atom stereocenters. The lowest BCUT2D eigenvalue weighted by Crippen LogP contribution is -2.48. The van der Waals surface area contributed by atoms with Crippen LogP contribution >= 0.6 is 0 Å². The van der Waals surface area contributed by atoms with E-state index in [4.69, 9.17) is 0 Å². The van der Waals surface area contributed by atoms with Crippen LogP contribution in [0.2, 0.25) is 0 Å². The van der Waals surface area contributed by atoms with Gasteiger partial charge in [0.1, 0.15) is 0 Å². The monoisotopic (exact) mass is 400 g/mol. The van der Waals surface area contributed by atoms with Gasteiger partial charge >= 0.3 is 0 Å². The summed E-state index contributed by atoms with van der Waals surface area (Å²) in [5, 5.41) is 10.3. The van der Waals surface area contributed by atoms with Crippen LogP contribution in [0.4, 0.5) is 0 Å². The second-order valence-corrected chi connectivity index (χ2v) is 12.6. The molecule has 0 heterocycles. The van der Waals surface area contributed by atoms with Gasteiger partial charge < -0.3 is 5.11 Å². The molecule has 0 aromatic carbocycles. The van der Waals surface area contributed by atoms with E-state index in [2.05, 4.69) is 41.5 Å². The van der Waals surface area contributed by atoms with Gasteiger partial charge in [0.15, 0.2) is 0 Å². The van der Waals surface area contributed by atoms with Crippen LogP contribution in [0.3, 0.4) is 0 Å². The molecule has 166 valence electrons. The molecule has 0 spiro atoms. The first kappa shape index (κ1) is 21.9. The standard InChI is InChI=1S/C28H48O/c1-18(2)19(3)7-8-20(4)24-11-12-25-23-10-9-21-17-22(29)13-15-27(21,5)26(23)14-16-28(24,25)6/h18-22,24,26,29H,7-17H2,1-6H3/t19-,20+,21-,22-,24+,26-,27-,28+/m0/s1. The van der Waals surface area contributed by atoms with Crippen LogP contribution in [0.1, 0.15) is 112 Å². The third-order valence-electron chi connectivity index (χ3n) is 10.9. The third kappa shape index (κ3) is 3.66. The Morgan fingerprint density at radius 3 is 2.41 bits per heavy atom. The summed E-state index contributed by atoms with van der Waals surface area (Å²) in [7, 11) is 0. The zero-order chi connectivity index (χ0) is 21.0. The van der Waals surface area contributed by atoms with Crippen molar-refractivity contribution in [2.75, 3.05) is 0 Å². The highest BCUT2D eigenvalue weighted by molar-refractivity contribution is 5.34. The molecular weight excluding hydrogens is 352 g/mol. The second kappa shape index (κ2) is 7.99. The smallest absolute Gasteiger partial charge is 0.0543 e. The van der Waals surface area contributed by atoms with Gasteiger partial charge in [0, 0.05) is 0 Å². The summed E-state index contributed by atoms with van der Waals surface area (Å²) in [6.45, 7) is 15.0. The molecule has 0 aliphatic heterocycles. The minimum Gasteiger partial charge on any atom is -0.393 e. The molecule has 3 fully saturated rings. The maximum Gasteiger partial charge on any atom is 0.0543 e. The number of rotatable bonds is 5. The Hall–Kier alpha value is -0.300. The molecular formula is C28H48O. The summed E-state index contributed by atoms with van der Waals surface area (Å²) >= 11 is 0. The fourth-order valence-corrected chi connectivity index (χ4v) is 8.48. The summed E-state index contributed by atoms with van der Waals surface area (Å²) in [5.41, 5.74) is 4.80. The SMILES string of the molecule is CC(C)[C@@H](C)CC[C@@H](C)[C@H]1CCC2=C3CC[C@H]4C[C@@H](O)CC[C@]4(C)[C@H]3CC[C@@]21C. The highest BCUT2D eigenvalue weighted by atomic mass is 16.3. The predicted octanol–water partition coefficient (Wildman–Crippen LogP) is 7.78. The molecule has 1 heteroatoms. The van der Waals surface area contributed by atoms with Crippen LogP contribution in [0, 0.1) is 46.3 Å². The average Bonchev–Trinajstić information content (AvgIpc) is 3.03. The lowest BCUT2D eigenvalue weighted by molar-refractivity contribution is -0.0381. The van der Waals surface area contributed by atoms with Gasteiger partial charge in [-0.05, 0) is 104 Å². The number of allylic oxidation sites excluding steroid dienone is 2. The first-order chi connectivity index (χ1) is 13.7. The van der Waals surface area contributed by atoms with Crippen LogP contribution in [-0.4, -0.2) is 11.2 Å². The van der Waals surface area contributed by atoms with Crippen LogP contribution in [0.25, 0.3) is 0 Å². The van der Waals surface area contributed by atoms with Crippen molar-refractivity contribution in [3.63, 3.8) is 0 Å². The maximum atomic E-state index is 10.3. The van der Waals surface area contributed by atoms with E-state index in [1.165, 1.54) is 57.8 Å². The quantitative estimate of drug-likeness (QED) is 0.467. The Morgan fingerprint density at radius 2 is 1.69 bits per heavy atom. The van der Waals surface area contributed by atoms with Gasteiger partial charge in [-0.25, -0.2) is 0 Å². The number of fused-ring (bicyclic) bond motifs is 4. The van der Waals surface area contributed by atoms with Crippen molar-refractivity contribution < 1.29 is 5.11 Å². The summed E-state index contributed by atoms with van der Waals surface area (Å²) in [6.07, 6.45) is 14.5. The van der Waals surface area contributed by atoms with Gasteiger partial charge in [0.2, 0.25) is 0 Å². The first-order valence-corrected chi connectivity index (χ1v) is 13.1. The van der Waals surface area contributed by atoms with Crippen LogP contribution in [0.5, 0.6) is 0 Å². The van der Waals surface area contributed by atoms with Crippen molar-refractivity contribution in [3.8, 4) is 0 Å². The molecule has 0 radical (unpaired) electrons. The molecule has 4 rings (SSSR count). The molecule has 0 aromatic heterocycles. The van der Waals surface area contributed by atoms with Gasteiger partial charge in [-0.3, -0.25) is 0 Å². The minimum absolute atomic E-state index is 0.0268. The van der Waals surface area contributed by atoms with Crippen LogP contribution in [-0.2, 0) is 0 Å². The molecule has 4 aliphatic rings. The van der Waals surface area contributed by atoms with Crippen molar-refractivity contribution in [1.82, 2.24) is 0 Å². The van der Waals surface area contributed by atoms with Crippen molar-refractivity contribution >= 4 is 0 Å². The predicted molar refractivity (Wildman–Crippen MR) is 124 cm³/mol. The molecule has 4 aliphatic carbocycles. The first-order valence-electron chi connectivity index (χ1n) is 13.1. The van der Waals surface area contributed by atoms with Crippen molar-refractivity contribution in [2.24, 2.45) is 46.3 Å². The molecule has 3 saturated carbocycles. The maximum absolute atomic E-state index is 10.3. The lowest BCUT2D eigenvalue weighted by Gasteiger charge is -2.56. The molecule has 1 nitrogen and oxygen atoms in total. The van der Waals surface area contributed by atoms with Crippen LogP contribution < -0.4 is 0 Å². The molecule has 29 heavy (non-hydrogen) atoms. The van der Waals surface area contributed by atoms with E-state index in [-0.39, 0.29) is 6.10 Å². The van der Waals surface area contributed by atoms with Crippen LogP contribution in [0.15, 0.2) is 11.1 Å². The Balaban J connectivity index is 1.53. The van der Waals surface area contributed by atoms with Crippen molar-refractivity contribution in [3.05, 3.63) is 11.1 Å². The fourth-order valence-electron chi connectivity index (χ4n) is 8.48. The van der Waals surface area contributed by atoms with E-state index in [0.717, 1.165) is 48.3 Å². The number of aliphatic hydroxyl groups excluding tert-OH is 1. The zero-order valence-electron chi connectivity index (χ0n) is 20.3. The molecule has 0 aromatic rings. The van der Waals surface area contributed by atoms with Gasteiger partial charge in [0.25, 0.3) is 0 Å². The molecule has 0 saturated heterocycles.